The fraction of sp³-hybridized carbons (Fsp3) is 0.310. The first-order valence-electron chi connectivity index (χ1n) is 18.2. The number of rotatable bonds is 14. The Hall–Kier alpha value is -5.01. The van der Waals surface area contributed by atoms with Crippen LogP contribution in [0.5, 0.6) is 5.75 Å². The van der Waals surface area contributed by atoms with Crippen LogP contribution in [0.15, 0.2) is 101 Å². The Morgan fingerprint density at radius 3 is 2.44 bits per heavy atom. The van der Waals surface area contributed by atoms with E-state index in [4.69, 9.17) is 4.43 Å². The molecule has 282 valence electrons. The molecule has 4 aromatic carbocycles. The van der Waals surface area contributed by atoms with Crippen LogP contribution in [0.3, 0.4) is 0 Å². The van der Waals surface area contributed by atoms with Gasteiger partial charge in [-0.15, -0.1) is 0 Å². The van der Waals surface area contributed by atoms with Crippen molar-refractivity contribution in [2.45, 2.75) is 77.4 Å². The van der Waals surface area contributed by atoms with E-state index >= 15 is 0 Å². The van der Waals surface area contributed by atoms with E-state index in [1.807, 2.05) is 71.3 Å². The number of H-pyrrole nitrogens is 1. The maximum atomic E-state index is 13.1. The van der Waals surface area contributed by atoms with E-state index in [-0.39, 0.29) is 27.3 Å². The second-order valence-electron chi connectivity index (χ2n) is 15.2. The molecule has 54 heavy (non-hydrogen) atoms. The highest BCUT2D eigenvalue weighted by Crippen LogP contribution is 2.41. The van der Waals surface area contributed by atoms with Crippen LogP contribution in [0.1, 0.15) is 56.4 Å². The second kappa shape index (κ2) is 16.2. The van der Waals surface area contributed by atoms with Crippen LogP contribution in [0, 0.1) is 0 Å². The summed E-state index contributed by atoms with van der Waals surface area (Å²) in [6.07, 6.45) is 0.963. The first-order valence-corrected chi connectivity index (χ1v) is 22.0. The summed E-state index contributed by atoms with van der Waals surface area (Å²) in [5, 5.41) is 26.8. The van der Waals surface area contributed by atoms with Crippen molar-refractivity contribution in [3.63, 3.8) is 0 Å². The van der Waals surface area contributed by atoms with E-state index in [9.17, 15) is 24.6 Å². The predicted molar refractivity (Wildman–Crippen MR) is 222 cm³/mol. The summed E-state index contributed by atoms with van der Waals surface area (Å²) in [5.74, 6) is 0.0164. The van der Waals surface area contributed by atoms with Gasteiger partial charge in [-0.05, 0) is 90.0 Å². The molecule has 0 fully saturated rings. The van der Waals surface area contributed by atoms with Crippen molar-refractivity contribution in [2.24, 2.45) is 0 Å². The summed E-state index contributed by atoms with van der Waals surface area (Å²) in [6, 6.07) is 28.4. The Labute approximate surface area is 319 Å². The summed E-state index contributed by atoms with van der Waals surface area (Å²) < 4.78 is 9.72. The van der Waals surface area contributed by atoms with Crippen molar-refractivity contribution in [1.82, 2.24) is 14.9 Å². The Kier molecular flexibility index (Phi) is 11.6. The number of hydrogen-bond acceptors (Lipinski definition) is 7. The molecule has 0 saturated heterocycles. The number of fused-ring (bicyclic) bond motifs is 2. The molecule has 0 unspecified atom stereocenters. The van der Waals surface area contributed by atoms with E-state index in [1.165, 1.54) is 17.4 Å². The van der Waals surface area contributed by atoms with Gasteiger partial charge in [-0.1, -0.05) is 86.7 Å². The molecule has 0 saturated carbocycles. The lowest BCUT2D eigenvalue weighted by atomic mass is 9.99. The monoisotopic (exact) mass is 764 g/mol. The van der Waals surface area contributed by atoms with Crippen LogP contribution in [-0.2, 0) is 23.9 Å². The minimum atomic E-state index is -2.22. The van der Waals surface area contributed by atoms with Gasteiger partial charge >= 0.3 is 11.0 Å². The lowest BCUT2D eigenvalue weighted by Crippen LogP contribution is -2.43. The van der Waals surface area contributed by atoms with Gasteiger partial charge in [0.05, 0.1) is 27.5 Å². The Morgan fingerprint density at radius 2 is 1.70 bits per heavy atom. The molecule has 6 aromatic rings. The van der Waals surface area contributed by atoms with Crippen LogP contribution >= 0.6 is 11.3 Å². The number of amides is 1. The van der Waals surface area contributed by atoms with E-state index in [2.05, 4.69) is 55.5 Å². The van der Waals surface area contributed by atoms with Gasteiger partial charge in [0.15, 0.2) is 8.32 Å². The summed E-state index contributed by atoms with van der Waals surface area (Å²) in [4.78, 5) is 39.5. The lowest BCUT2D eigenvalue weighted by Gasteiger charge is -2.39. The van der Waals surface area contributed by atoms with E-state index in [1.54, 1.807) is 12.1 Å². The fourth-order valence-corrected chi connectivity index (χ4v) is 8.76. The summed E-state index contributed by atoms with van der Waals surface area (Å²) in [5.41, 5.74) is 6.33. The molecule has 1 amide bonds. The van der Waals surface area contributed by atoms with Gasteiger partial charge in [0.2, 0.25) is 5.56 Å². The summed E-state index contributed by atoms with van der Waals surface area (Å²) >= 11 is 1.25. The number of carboxylic acid groups (broad SMARTS) is 1. The fourth-order valence-electron chi connectivity index (χ4n) is 6.50. The third-order valence-corrected chi connectivity index (χ3v) is 15.8. The molecule has 0 spiro atoms. The smallest absolute Gasteiger partial charge is 0.409 e. The molecule has 0 bridgehead atoms. The first-order chi connectivity index (χ1) is 25.7. The molecule has 5 N–H and O–H groups in total. The van der Waals surface area contributed by atoms with Gasteiger partial charge in [0, 0.05) is 36.7 Å². The number of unbranched alkanes of at least 4 members (excludes halogenated alkanes) is 1. The quantitative estimate of drug-likeness (QED) is 0.0549. The van der Waals surface area contributed by atoms with Gasteiger partial charge in [-0.3, -0.25) is 19.5 Å². The van der Waals surface area contributed by atoms with Crippen molar-refractivity contribution < 1.29 is 19.4 Å². The van der Waals surface area contributed by atoms with Gasteiger partial charge in [-0.25, -0.2) is 4.79 Å². The lowest BCUT2D eigenvalue weighted by molar-refractivity contribution is 0.181. The Morgan fingerprint density at radius 1 is 0.944 bits per heavy atom. The van der Waals surface area contributed by atoms with Gasteiger partial charge in [-0.2, -0.15) is 0 Å². The Balaban J connectivity index is 1.11. The topological polar surface area (TPSA) is 146 Å². The van der Waals surface area contributed by atoms with Gasteiger partial charge in [0.1, 0.15) is 5.75 Å². The number of pyridine rings is 1. The number of phenols is 1. The molecule has 0 aliphatic rings. The van der Waals surface area contributed by atoms with Crippen LogP contribution in [-0.4, -0.2) is 40.7 Å². The average Bonchev–Trinajstić information content (AvgIpc) is 3.43. The number of benzene rings is 4. The number of aromatic amines is 1. The summed E-state index contributed by atoms with van der Waals surface area (Å²) in [6.45, 7) is 12.7. The van der Waals surface area contributed by atoms with Crippen molar-refractivity contribution in [2.75, 3.05) is 11.9 Å². The van der Waals surface area contributed by atoms with Gasteiger partial charge in [0.25, 0.3) is 0 Å². The number of aryl methyl sites for hydroxylation is 2. The SMILES string of the molecule is CC(C)(C)[Si](C)(C)O[C@H](CNCc1ccc2c(c1)sc(=O)n2CCCCc1ccc(-c2ccccc2)c(NC(=O)O)c1)c1ccc(O)c2[nH]c(=O)ccc12. The molecular formula is C42H48N4O6SSi. The average molecular weight is 765 g/mol. The molecule has 2 aromatic heterocycles. The van der Waals surface area contributed by atoms with Crippen molar-refractivity contribution in [1.29, 1.82) is 0 Å². The highest BCUT2D eigenvalue weighted by Gasteiger charge is 2.39. The molecular weight excluding hydrogens is 717 g/mol. The molecule has 12 heteroatoms. The van der Waals surface area contributed by atoms with Crippen LogP contribution < -0.4 is 21.1 Å². The first kappa shape index (κ1) is 38.7. The zero-order valence-corrected chi connectivity index (χ0v) is 33.2. The van der Waals surface area contributed by atoms with Crippen molar-refractivity contribution in [3.05, 3.63) is 128 Å². The van der Waals surface area contributed by atoms with E-state index < -0.39 is 14.4 Å². The standard InChI is InChI=1S/C42H48N4O6SSi/c1-42(2,3)54(4,5)52-36(31-17-20-35(47)39-32(31)18-21-38(48)45-39)26-43-25-28-15-19-34-37(24-28)53-41(51)46(34)22-10-9-11-27-14-16-30(29-12-7-6-8-13-29)33(23-27)44-40(49)50/h6-8,12-21,23-24,36,43-44,47H,9-11,22,25-26H2,1-5H3,(H,45,48)(H,49,50)/t36-/m1/s1. The molecule has 0 aliphatic heterocycles. The van der Waals surface area contributed by atoms with Crippen LogP contribution in [0.2, 0.25) is 18.1 Å². The normalized spacial score (nSPS) is 12.7. The highest BCUT2D eigenvalue weighted by molar-refractivity contribution is 7.16. The number of carbonyl (C=O) groups is 1. The van der Waals surface area contributed by atoms with E-state index in [0.29, 0.717) is 30.8 Å². The third kappa shape index (κ3) is 8.85. The number of aromatic hydroxyl groups is 1. The second-order valence-corrected chi connectivity index (χ2v) is 21.0. The minimum absolute atomic E-state index is 0.00959. The number of thiazole rings is 1. The zero-order valence-electron chi connectivity index (χ0n) is 31.4. The highest BCUT2D eigenvalue weighted by atomic mass is 32.1. The van der Waals surface area contributed by atoms with Crippen molar-refractivity contribution >= 4 is 52.6 Å². The molecule has 6 rings (SSSR count). The number of anilines is 1. The van der Waals surface area contributed by atoms with Crippen LogP contribution in [0.4, 0.5) is 10.5 Å². The number of nitrogens with one attached hydrogen (secondary N) is 3. The number of aromatic nitrogens is 2. The molecule has 1 atom stereocenters. The molecule has 2 heterocycles. The number of phenolic OH excluding ortho intramolecular Hbond substituents is 1. The third-order valence-electron chi connectivity index (χ3n) is 10.4. The van der Waals surface area contributed by atoms with Crippen molar-refractivity contribution in [3.8, 4) is 16.9 Å². The van der Waals surface area contributed by atoms with Gasteiger partial charge < -0.3 is 24.9 Å². The molecule has 10 nitrogen and oxygen atoms in total. The van der Waals surface area contributed by atoms with E-state index in [0.717, 1.165) is 62.7 Å². The maximum absolute atomic E-state index is 13.1. The Bertz CT molecular complexity index is 2400. The molecule has 0 aliphatic carbocycles. The number of nitrogens with zero attached hydrogens (tertiary/aromatic N) is 1. The largest absolute Gasteiger partial charge is 0.506 e. The predicted octanol–water partition coefficient (Wildman–Crippen LogP) is 9.24. The minimum Gasteiger partial charge on any atom is -0.506 e. The summed E-state index contributed by atoms with van der Waals surface area (Å²) in [7, 11) is -2.22. The van der Waals surface area contributed by atoms with Crippen LogP contribution in [0.25, 0.3) is 32.2 Å². The zero-order chi connectivity index (χ0) is 38.6. The maximum Gasteiger partial charge on any atom is 0.409 e. The molecule has 0 radical (unpaired) electrons. The number of hydrogen-bond donors (Lipinski definition) is 5.